The van der Waals surface area contributed by atoms with Crippen LogP contribution in [-0.2, 0) is 4.79 Å². The third kappa shape index (κ3) is 3.17. The smallest absolute Gasteiger partial charge is 0.263 e. The van der Waals surface area contributed by atoms with Crippen LogP contribution in [0.1, 0.15) is 12.0 Å². The topological polar surface area (TPSA) is 40.5 Å². The van der Waals surface area contributed by atoms with Crippen molar-refractivity contribution in [1.29, 1.82) is 0 Å². The fraction of sp³-hybridized carbons (Fsp3) is 0.0556. The van der Waals surface area contributed by atoms with E-state index in [9.17, 15) is 10.0 Å². The van der Waals surface area contributed by atoms with Crippen molar-refractivity contribution in [2.75, 3.05) is 5.06 Å². The summed E-state index contributed by atoms with van der Waals surface area (Å²) in [5.74, 6) is 5.26. The summed E-state index contributed by atoms with van der Waals surface area (Å²) in [5, 5.41) is 12.2. The fourth-order valence-corrected chi connectivity index (χ4v) is 3.00. The van der Waals surface area contributed by atoms with Gasteiger partial charge in [-0.1, -0.05) is 48.2 Å². The van der Waals surface area contributed by atoms with Crippen LogP contribution < -0.4 is 5.06 Å². The molecule has 108 valence electrons. The second-order valence-electron chi connectivity index (χ2n) is 4.67. The molecule has 0 unspecified atom stereocenters. The monoisotopic (exact) mass is 307 g/mol. The SMILES string of the molecule is O=C(CC#Cc1ccccc1)N(O)c1cc2ccccc2s1. The lowest BCUT2D eigenvalue weighted by molar-refractivity contribution is -0.122. The number of amides is 1. The van der Waals surface area contributed by atoms with Gasteiger partial charge in [0.25, 0.3) is 5.91 Å². The highest BCUT2D eigenvalue weighted by Gasteiger charge is 2.14. The van der Waals surface area contributed by atoms with Crippen LogP contribution >= 0.6 is 11.3 Å². The van der Waals surface area contributed by atoms with Gasteiger partial charge in [-0.3, -0.25) is 10.0 Å². The molecule has 0 aliphatic carbocycles. The largest absolute Gasteiger partial charge is 0.280 e. The Morgan fingerprint density at radius 3 is 2.59 bits per heavy atom. The summed E-state index contributed by atoms with van der Waals surface area (Å²) >= 11 is 1.37. The maximum Gasteiger partial charge on any atom is 0.263 e. The Hall–Kier alpha value is -2.61. The summed E-state index contributed by atoms with van der Waals surface area (Å²) in [6.45, 7) is 0. The Morgan fingerprint density at radius 2 is 1.82 bits per heavy atom. The Kier molecular flexibility index (Phi) is 4.19. The second-order valence-corrected chi connectivity index (χ2v) is 5.73. The zero-order chi connectivity index (χ0) is 15.4. The predicted molar refractivity (Wildman–Crippen MR) is 89.0 cm³/mol. The van der Waals surface area contributed by atoms with Crippen molar-refractivity contribution in [2.24, 2.45) is 0 Å². The van der Waals surface area contributed by atoms with E-state index < -0.39 is 5.91 Å². The molecule has 3 rings (SSSR count). The molecule has 1 amide bonds. The first kappa shape index (κ1) is 14.3. The molecule has 0 radical (unpaired) electrons. The second kappa shape index (κ2) is 6.44. The van der Waals surface area contributed by atoms with Gasteiger partial charge < -0.3 is 0 Å². The van der Waals surface area contributed by atoms with E-state index in [1.807, 2.05) is 54.6 Å². The van der Waals surface area contributed by atoms with Crippen LogP contribution in [0, 0.1) is 11.8 Å². The van der Waals surface area contributed by atoms with Crippen molar-refractivity contribution in [1.82, 2.24) is 0 Å². The molecule has 0 saturated heterocycles. The first-order valence-electron chi connectivity index (χ1n) is 6.78. The van der Waals surface area contributed by atoms with Gasteiger partial charge in [0, 0.05) is 10.3 Å². The first-order valence-corrected chi connectivity index (χ1v) is 7.60. The number of carbonyl (C=O) groups is 1. The molecule has 1 N–H and O–H groups in total. The minimum Gasteiger partial charge on any atom is -0.280 e. The third-order valence-electron chi connectivity index (χ3n) is 3.10. The number of hydroxylamine groups is 1. The molecule has 1 aromatic heterocycles. The lowest BCUT2D eigenvalue weighted by Crippen LogP contribution is -2.25. The summed E-state index contributed by atoms with van der Waals surface area (Å²) < 4.78 is 1.03. The Bertz CT molecular complexity index is 826. The van der Waals surface area contributed by atoms with Crippen molar-refractivity contribution in [2.45, 2.75) is 6.42 Å². The standard InChI is InChI=1S/C18H13NO2S/c20-17(12-6-9-14-7-2-1-3-8-14)19(21)18-13-15-10-4-5-11-16(15)22-18/h1-5,7-8,10-11,13,21H,12H2. The number of nitrogens with zero attached hydrogens (tertiary/aromatic N) is 1. The van der Waals surface area contributed by atoms with Gasteiger partial charge in [-0.15, -0.1) is 11.3 Å². The number of rotatable bonds is 2. The van der Waals surface area contributed by atoms with Gasteiger partial charge >= 0.3 is 0 Å². The van der Waals surface area contributed by atoms with E-state index in [2.05, 4.69) is 11.8 Å². The molecule has 0 aliphatic rings. The van der Waals surface area contributed by atoms with Crippen LogP contribution in [-0.4, -0.2) is 11.1 Å². The molecule has 2 aromatic carbocycles. The van der Waals surface area contributed by atoms with Crippen molar-refractivity contribution in [3.8, 4) is 11.8 Å². The van der Waals surface area contributed by atoms with E-state index in [1.54, 1.807) is 6.07 Å². The van der Waals surface area contributed by atoms with E-state index >= 15 is 0 Å². The molecule has 0 aliphatic heterocycles. The molecule has 4 heteroatoms. The minimum absolute atomic E-state index is 0.0281. The molecular formula is C18H13NO2S. The van der Waals surface area contributed by atoms with Gasteiger partial charge in [0.15, 0.2) is 0 Å². The van der Waals surface area contributed by atoms with E-state index in [1.165, 1.54) is 11.3 Å². The number of anilines is 1. The number of hydrogen-bond acceptors (Lipinski definition) is 3. The molecule has 0 fully saturated rings. The lowest BCUT2D eigenvalue weighted by Gasteiger charge is -2.09. The molecule has 0 bridgehead atoms. The number of fused-ring (bicyclic) bond motifs is 1. The summed E-state index contributed by atoms with van der Waals surface area (Å²) in [6, 6.07) is 19.0. The highest BCUT2D eigenvalue weighted by Crippen LogP contribution is 2.31. The highest BCUT2D eigenvalue weighted by atomic mass is 32.1. The first-order chi connectivity index (χ1) is 10.7. The molecule has 22 heavy (non-hydrogen) atoms. The highest BCUT2D eigenvalue weighted by molar-refractivity contribution is 7.22. The lowest BCUT2D eigenvalue weighted by atomic mass is 10.2. The molecule has 0 atom stereocenters. The zero-order valence-corrected chi connectivity index (χ0v) is 12.5. The molecule has 3 nitrogen and oxygen atoms in total. The van der Waals surface area contributed by atoms with Gasteiger partial charge in [0.2, 0.25) is 0 Å². The van der Waals surface area contributed by atoms with Crippen molar-refractivity contribution < 1.29 is 10.0 Å². The zero-order valence-electron chi connectivity index (χ0n) is 11.7. The third-order valence-corrected chi connectivity index (χ3v) is 4.20. The average Bonchev–Trinajstić information content (AvgIpc) is 2.99. The maximum atomic E-state index is 12.0. The number of thiophene rings is 1. The molecule has 0 spiro atoms. The number of hydrogen-bond donors (Lipinski definition) is 1. The van der Waals surface area contributed by atoms with Crippen LogP contribution in [0.3, 0.4) is 0 Å². The molecule has 1 heterocycles. The minimum atomic E-state index is -0.435. The van der Waals surface area contributed by atoms with Gasteiger partial charge in [0.1, 0.15) is 5.00 Å². The predicted octanol–water partition coefficient (Wildman–Crippen LogP) is 4.07. The van der Waals surface area contributed by atoms with E-state index in [-0.39, 0.29) is 6.42 Å². The van der Waals surface area contributed by atoms with E-state index in [4.69, 9.17) is 0 Å². The average molecular weight is 307 g/mol. The van der Waals surface area contributed by atoms with Gasteiger partial charge in [0.05, 0.1) is 6.42 Å². The van der Waals surface area contributed by atoms with Gasteiger partial charge in [-0.2, -0.15) is 5.06 Å². The van der Waals surface area contributed by atoms with Crippen molar-refractivity contribution in [3.05, 3.63) is 66.2 Å². The summed E-state index contributed by atoms with van der Waals surface area (Å²) in [4.78, 5) is 12.0. The fourth-order valence-electron chi connectivity index (χ4n) is 2.01. The summed E-state index contributed by atoms with van der Waals surface area (Å²) in [5.41, 5.74) is 0.849. The quantitative estimate of drug-likeness (QED) is 0.440. The molecular weight excluding hydrogens is 294 g/mol. The van der Waals surface area contributed by atoms with Gasteiger partial charge in [-0.05, 0) is 29.7 Å². The van der Waals surface area contributed by atoms with Crippen molar-refractivity contribution in [3.63, 3.8) is 0 Å². The molecule has 3 aromatic rings. The van der Waals surface area contributed by atoms with Crippen LogP contribution in [0.15, 0.2) is 60.7 Å². The summed E-state index contributed by atoms with van der Waals surface area (Å²) in [6.07, 6.45) is -0.0281. The maximum absolute atomic E-state index is 12.0. The van der Waals surface area contributed by atoms with Crippen LogP contribution in [0.5, 0.6) is 0 Å². The van der Waals surface area contributed by atoms with Gasteiger partial charge in [-0.25, -0.2) is 0 Å². The normalized spacial score (nSPS) is 10.0. The Balaban J connectivity index is 1.71. The Labute approximate surface area is 132 Å². The van der Waals surface area contributed by atoms with Crippen LogP contribution in [0.4, 0.5) is 5.00 Å². The molecule has 0 saturated carbocycles. The van der Waals surface area contributed by atoms with E-state index in [0.717, 1.165) is 15.6 Å². The van der Waals surface area contributed by atoms with Crippen LogP contribution in [0.2, 0.25) is 0 Å². The number of carbonyl (C=O) groups excluding carboxylic acids is 1. The van der Waals surface area contributed by atoms with Crippen molar-refractivity contribution >= 4 is 32.3 Å². The Morgan fingerprint density at radius 1 is 1.09 bits per heavy atom. The van der Waals surface area contributed by atoms with Crippen LogP contribution in [0.25, 0.3) is 10.1 Å². The number of benzene rings is 2. The summed E-state index contributed by atoms with van der Waals surface area (Å²) in [7, 11) is 0. The van der Waals surface area contributed by atoms with E-state index in [0.29, 0.717) is 10.1 Å².